The molecule has 0 aromatic heterocycles. The van der Waals surface area contributed by atoms with E-state index in [1.807, 2.05) is 19.0 Å². The molecule has 0 spiro atoms. The molecule has 1 N–H and O–H groups in total. The molecule has 1 aromatic rings. The van der Waals surface area contributed by atoms with Gasteiger partial charge in [-0.25, -0.2) is 8.42 Å². The lowest BCUT2D eigenvalue weighted by Crippen LogP contribution is -2.49. The van der Waals surface area contributed by atoms with Crippen LogP contribution in [0, 0.1) is 6.92 Å². The highest BCUT2D eigenvalue weighted by Crippen LogP contribution is 2.21. The van der Waals surface area contributed by atoms with Gasteiger partial charge in [-0.15, -0.1) is 0 Å². The summed E-state index contributed by atoms with van der Waals surface area (Å²) in [4.78, 5) is 28.4. The Kier molecular flexibility index (Phi) is 6.65. The van der Waals surface area contributed by atoms with Gasteiger partial charge >= 0.3 is 11.8 Å². The molecule has 1 saturated heterocycles. The molecule has 1 aromatic carbocycles. The lowest BCUT2D eigenvalue weighted by atomic mass is 10.2. The van der Waals surface area contributed by atoms with Gasteiger partial charge in [-0.3, -0.25) is 9.59 Å². The normalized spacial score (nSPS) is 18.7. The van der Waals surface area contributed by atoms with Gasteiger partial charge in [0.25, 0.3) is 0 Å². The zero-order valence-electron chi connectivity index (χ0n) is 15.2. The Morgan fingerprint density at radius 2 is 1.96 bits per heavy atom. The van der Waals surface area contributed by atoms with Crippen LogP contribution < -0.4 is 5.32 Å². The van der Waals surface area contributed by atoms with Crippen LogP contribution in [0.25, 0.3) is 0 Å². The van der Waals surface area contributed by atoms with Gasteiger partial charge in [0, 0.05) is 29.8 Å². The van der Waals surface area contributed by atoms with Gasteiger partial charge in [-0.1, -0.05) is 11.6 Å². The topological polar surface area (TPSA) is 86.8 Å². The van der Waals surface area contributed by atoms with E-state index in [0.29, 0.717) is 30.2 Å². The molecule has 1 atom stereocenters. The number of nitrogens with one attached hydrogen (secondary N) is 1. The molecular weight excluding hydrogens is 378 g/mol. The van der Waals surface area contributed by atoms with Crippen LogP contribution in [0.5, 0.6) is 0 Å². The fraction of sp³-hybridized carbons (Fsp3) is 0.529. The summed E-state index contributed by atoms with van der Waals surface area (Å²) in [5, 5.41) is 3.14. The summed E-state index contributed by atoms with van der Waals surface area (Å²) in [6.07, 6.45) is 0.356. The first-order chi connectivity index (χ1) is 12.1. The molecule has 1 aliphatic rings. The van der Waals surface area contributed by atoms with Crippen molar-refractivity contribution in [1.82, 2.24) is 9.80 Å². The average Bonchev–Trinajstić information content (AvgIpc) is 2.89. The molecule has 0 aliphatic carbocycles. The third-order valence-corrected chi connectivity index (χ3v) is 6.31. The first-order valence-corrected chi connectivity index (χ1v) is 10.5. The molecule has 1 aliphatic heterocycles. The Balaban J connectivity index is 2.15. The van der Waals surface area contributed by atoms with Crippen molar-refractivity contribution >= 4 is 38.9 Å². The van der Waals surface area contributed by atoms with Gasteiger partial charge in [-0.2, -0.15) is 0 Å². The van der Waals surface area contributed by atoms with Crippen LogP contribution in [0.3, 0.4) is 0 Å². The number of carbonyl (C=O) groups excluding carboxylic acids is 2. The molecule has 0 radical (unpaired) electrons. The van der Waals surface area contributed by atoms with Crippen molar-refractivity contribution in [1.29, 1.82) is 0 Å². The van der Waals surface area contributed by atoms with Crippen LogP contribution in [0.2, 0.25) is 5.02 Å². The summed E-state index contributed by atoms with van der Waals surface area (Å²) in [5.74, 6) is -1.55. The maximum atomic E-state index is 12.7. The minimum atomic E-state index is -3.16. The number of likely N-dealkylation sites (N-methyl/N-ethyl adjacent to an activating group) is 1. The van der Waals surface area contributed by atoms with Gasteiger partial charge in [0.05, 0.1) is 11.5 Å². The maximum Gasteiger partial charge on any atom is 0.313 e. The van der Waals surface area contributed by atoms with Crippen LogP contribution in [-0.4, -0.2) is 74.8 Å². The number of amides is 2. The van der Waals surface area contributed by atoms with Crippen molar-refractivity contribution in [3.8, 4) is 0 Å². The van der Waals surface area contributed by atoms with Crippen LogP contribution >= 0.6 is 11.6 Å². The molecule has 26 heavy (non-hydrogen) atoms. The minimum Gasteiger partial charge on any atom is -0.329 e. The molecule has 1 heterocycles. The lowest BCUT2D eigenvalue weighted by molar-refractivity contribution is -0.144. The van der Waals surface area contributed by atoms with E-state index in [-0.39, 0.29) is 11.5 Å². The smallest absolute Gasteiger partial charge is 0.313 e. The Morgan fingerprint density at radius 1 is 1.27 bits per heavy atom. The fourth-order valence-electron chi connectivity index (χ4n) is 2.85. The summed E-state index contributed by atoms with van der Waals surface area (Å²) >= 11 is 5.90. The molecule has 9 heteroatoms. The van der Waals surface area contributed by atoms with E-state index in [1.54, 1.807) is 25.1 Å². The number of sulfone groups is 1. The molecule has 1 unspecified atom stereocenters. The molecule has 0 bridgehead atoms. The largest absolute Gasteiger partial charge is 0.329 e. The van der Waals surface area contributed by atoms with Crippen molar-refractivity contribution < 1.29 is 18.0 Å². The molecule has 0 saturated carbocycles. The zero-order chi connectivity index (χ0) is 19.5. The first kappa shape index (κ1) is 20.7. The van der Waals surface area contributed by atoms with Crippen LogP contribution in [-0.2, 0) is 19.4 Å². The van der Waals surface area contributed by atoms with E-state index >= 15 is 0 Å². The van der Waals surface area contributed by atoms with Gasteiger partial charge < -0.3 is 15.1 Å². The molecule has 7 nitrogen and oxygen atoms in total. The summed E-state index contributed by atoms with van der Waals surface area (Å²) in [6, 6.07) is 4.48. The Bertz CT molecular complexity index is 795. The number of anilines is 1. The lowest BCUT2D eigenvalue weighted by Gasteiger charge is -2.29. The predicted molar refractivity (Wildman–Crippen MR) is 102 cm³/mol. The highest BCUT2D eigenvalue weighted by Gasteiger charge is 2.36. The van der Waals surface area contributed by atoms with Crippen LogP contribution in [0.15, 0.2) is 18.2 Å². The first-order valence-electron chi connectivity index (χ1n) is 8.32. The monoisotopic (exact) mass is 401 g/mol. The van der Waals surface area contributed by atoms with E-state index in [1.165, 1.54) is 4.90 Å². The molecule has 2 amide bonds. The Labute approximate surface area is 159 Å². The highest BCUT2D eigenvalue weighted by atomic mass is 35.5. The number of aryl methyl sites for hydroxylation is 1. The third-order valence-electron chi connectivity index (χ3n) is 4.33. The number of hydrogen-bond donors (Lipinski definition) is 1. The van der Waals surface area contributed by atoms with Gasteiger partial charge in [0.15, 0.2) is 9.84 Å². The summed E-state index contributed by atoms with van der Waals surface area (Å²) in [6.45, 7) is 2.61. The third kappa shape index (κ3) is 5.43. The van der Waals surface area contributed by atoms with Gasteiger partial charge in [0.2, 0.25) is 0 Å². The number of benzene rings is 1. The summed E-state index contributed by atoms with van der Waals surface area (Å²) < 4.78 is 23.6. The minimum absolute atomic E-state index is 0.0430. The number of nitrogens with zero attached hydrogens (tertiary/aromatic N) is 2. The maximum absolute atomic E-state index is 12.7. The number of carbonyl (C=O) groups is 2. The van der Waals surface area contributed by atoms with Crippen molar-refractivity contribution in [2.24, 2.45) is 0 Å². The number of halogens is 1. The zero-order valence-corrected chi connectivity index (χ0v) is 16.7. The molecule has 1 fully saturated rings. The van der Waals surface area contributed by atoms with E-state index in [4.69, 9.17) is 11.6 Å². The van der Waals surface area contributed by atoms with E-state index in [0.717, 1.165) is 5.56 Å². The molecular formula is C17H24ClN3O4S. The van der Waals surface area contributed by atoms with E-state index in [9.17, 15) is 18.0 Å². The average molecular weight is 402 g/mol. The van der Waals surface area contributed by atoms with E-state index < -0.39 is 27.7 Å². The number of hydrogen-bond acceptors (Lipinski definition) is 5. The quantitative estimate of drug-likeness (QED) is 0.748. The number of rotatable bonds is 5. The van der Waals surface area contributed by atoms with Crippen molar-refractivity contribution in [3.63, 3.8) is 0 Å². The molecule has 144 valence electrons. The van der Waals surface area contributed by atoms with Crippen molar-refractivity contribution in [2.45, 2.75) is 19.4 Å². The summed E-state index contributed by atoms with van der Waals surface area (Å²) in [5.41, 5.74) is 1.24. The van der Waals surface area contributed by atoms with E-state index in [2.05, 4.69) is 5.32 Å². The van der Waals surface area contributed by atoms with Gasteiger partial charge in [-0.05, 0) is 51.2 Å². The fourth-order valence-corrected chi connectivity index (χ4v) is 4.81. The van der Waals surface area contributed by atoms with Crippen molar-refractivity contribution in [3.05, 3.63) is 28.8 Å². The van der Waals surface area contributed by atoms with Crippen LogP contribution in [0.4, 0.5) is 5.69 Å². The predicted octanol–water partition coefficient (Wildman–Crippen LogP) is 1.16. The SMILES string of the molecule is Cc1cc(Cl)ccc1NC(=O)C(=O)N(CCN(C)C)C1CCS(=O)(=O)C1. The Morgan fingerprint density at radius 3 is 2.50 bits per heavy atom. The van der Waals surface area contributed by atoms with Crippen LogP contribution in [0.1, 0.15) is 12.0 Å². The second-order valence-electron chi connectivity index (χ2n) is 6.77. The standard InChI is InChI=1S/C17H24ClN3O4S/c1-12-10-13(18)4-5-15(12)19-16(22)17(23)21(8-7-20(2)3)14-6-9-26(24,25)11-14/h4-5,10,14H,6-9,11H2,1-3H3,(H,19,22). The van der Waals surface area contributed by atoms with Gasteiger partial charge in [0.1, 0.15) is 0 Å². The molecule has 2 rings (SSSR count). The van der Waals surface area contributed by atoms with Crippen molar-refractivity contribution in [2.75, 3.05) is 44.0 Å². The second kappa shape index (κ2) is 8.37. The Hall–Kier alpha value is -1.64. The summed E-state index contributed by atoms with van der Waals surface area (Å²) in [7, 11) is 0.542. The highest BCUT2D eigenvalue weighted by molar-refractivity contribution is 7.91. The second-order valence-corrected chi connectivity index (χ2v) is 9.44.